The lowest BCUT2D eigenvalue weighted by molar-refractivity contribution is 0.0948. The maximum absolute atomic E-state index is 12.8. The predicted octanol–water partition coefficient (Wildman–Crippen LogP) is 3.80. The number of sulfonamides is 1. The summed E-state index contributed by atoms with van der Waals surface area (Å²) in [4.78, 5) is 12.4. The fourth-order valence-corrected chi connectivity index (χ4v) is 3.60. The fraction of sp³-hybridized carbons (Fsp3) is 0.350. The van der Waals surface area contributed by atoms with Crippen molar-refractivity contribution in [2.45, 2.75) is 39.5 Å². The first-order valence-electron chi connectivity index (χ1n) is 8.59. The van der Waals surface area contributed by atoms with Crippen molar-refractivity contribution in [3.63, 3.8) is 0 Å². The fourth-order valence-electron chi connectivity index (χ4n) is 2.45. The minimum atomic E-state index is -3.79. The van der Waals surface area contributed by atoms with Crippen molar-refractivity contribution in [3.05, 3.63) is 58.7 Å². The molecule has 5 nitrogen and oxygen atoms in total. The molecule has 0 saturated carbocycles. The molecule has 6 heteroatoms. The van der Waals surface area contributed by atoms with Crippen LogP contribution in [0.1, 0.15) is 40.9 Å². The largest absolute Gasteiger partial charge is 0.352 e. The Bertz CT molecular complexity index is 919. The molecule has 0 aromatic heterocycles. The van der Waals surface area contributed by atoms with E-state index < -0.39 is 10.0 Å². The molecule has 0 saturated heterocycles. The number of carbonyl (C=O) groups is 1. The van der Waals surface area contributed by atoms with Gasteiger partial charge in [0.1, 0.15) is 0 Å². The quantitative estimate of drug-likeness (QED) is 0.807. The first kappa shape index (κ1) is 20.0. The molecule has 2 aromatic carbocycles. The minimum absolute atomic E-state index is 0.0682. The summed E-state index contributed by atoms with van der Waals surface area (Å²) in [5, 5.41) is 2.83. The molecule has 0 aliphatic rings. The second-order valence-corrected chi connectivity index (χ2v) is 8.69. The van der Waals surface area contributed by atoms with Gasteiger partial charge in [-0.05, 0) is 61.6 Å². The van der Waals surface area contributed by atoms with Crippen molar-refractivity contribution in [1.82, 2.24) is 5.32 Å². The van der Waals surface area contributed by atoms with Crippen LogP contribution in [-0.4, -0.2) is 20.9 Å². The number of hydrogen-bond acceptors (Lipinski definition) is 3. The average molecular weight is 375 g/mol. The van der Waals surface area contributed by atoms with Gasteiger partial charge in [-0.15, -0.1) is 0 Å². The first-order valence-corrected chi connectivity index (χ1v) is 10.1. The van der Waals surface area contributed by atoms with Gasteiger partial charge in [-0.1, -0.05) is 32.0 Å². The van der Waals surface area contributed by atoms with E-state index in [2.05, 4.69) is 10.0 Å². The zero-order valence-corrected chi connectivity index (χ0v) is 16.7. The summed E-state index contributed by atoms with van der Waals surface area (Å²) >= 11 is 0. The van der Waals surface area contributed by atoms with Gasteiger partial charge in [0.05, 0.1) is 10.6 Å². The highest BCUT2D eigenvalue weighted by atomic mass is 32.2. The molecule has 0 spiro atoms. The van der Waals surface area contributed by atoms with Crippen molar-refractivity contribution in [2.75, 3.05) is 11.3 Å². The van der Waals surface area contributed by atoms with Gasteiger partial charge in [0, 0.05) is 12.1 Å². The highest BCUT2D eigenvalue weighted by Gasteiger charge is 2.19. The molecule has 1 amide bonds. The van der Waals surface area contributed by atoms with Crippen LogP contribution < -0.4 is 10.0 Å². The standard InChI is InChI=1S/C20H26N2O3S/c1-13(2)12-21-20(23)18-11-17(9-8-15(18)4)26(24,25)22-19-10-14(3)6-7-16(19)5/h6-11,13,22H,12H2,1-5H3,(H,21,23). The molecule has 140 valence electrons. The van der Waals surface area contributed by atoms with Gasteiger partial charge in [-0.3, -0.25) is 9.52 Å². The van der Waals surface area contributed by atoms with Gasteiger partial charge in [0.25, 0.3) is 15.9 Å². The van der Waals surface area contributed by atoms with Gasteiger partial charge < -0.3 is 5.32 Å². The third kappa shape index (κ3) is 4.85. The highest BCUT2D eigenvalue weighted by molar-refractivity contribution is 7.92. The van der Waals surface area contributed by atoms with E-state index in [-0.39, 0.29) is 10.8 Å². The highest BCUT2D eigenvalue weighted by Crippen LogP contribution is 2.22. The maximum Gasteiger partial charge on any atom is 0.261 e. The van der Waals surface area contributed by atoms with Gasteiger partial charge >= 0.3 is 0 Å². The second-order valence-electron chi connectivity index (χ2n) is 7.00. The molecule has 0 aliphatic carbocycles. The van der Waals surface area contributed by atoms with Crippen molar-refractivity contribution >= 4 is 21.6 Å². The second kappa shape index (κ2) is 7.91. The Morgan fingerprint density at radius 1 is 1.00 bits per heavy atom. The molecule has 0 fully saturated rings. The van der Waals surface area contributed by atoms with E-state index in [0.717, 1.165) is 16.7 Å². The molecule has 0 unspecified atom stereocenters. The van der Waals surface area contributed by atoms with Crippen LogP contribution in [0, 0.1) is 26.7 Å². The Labute approximate surface area is 155 Å². The molecule has 0 bridgehead atoms. The summed E-state index contributed by atoms with van der Waals surface area (Å²) in [5.74, 6) is 0.0529. The van der Waals surface area contributed by atoms with Crippen LogP contribution in [0.4, 0.5) is 5.69 Å². The van der Waals surface area contributed by atoms with Crippen molar-refractivity contribution in [2.24, 2.45) is 5.92 Å². The number of carbonyl (C=O) groups excluding carboxylic acids is 1. The SMILES string of the molecule is Cc1ccc(C)c(NS(=O)(=O)c2ccc(C)c(C(=O)NCC(C)C)c2)c1. The number of benzene rings is 2. The monoisotopic (exact) mass is 374 g/mol. The van der Waals surface area contributed by atoms with E-state index in [1.165, 1.54) is 12.1 Å². The average Bonchev–Trinajstić information content (AvgIpc) is 2.56. The minimum Gasteiger partial charge on any atom is -0.352 e. The Balaban J connectivity index is 2.33. The van der Waals surface area contributed by atoms with E-state index in [1.807, 2.05) is 39.8 Å². The maximum atomic E-state index is 12.8. The Hall–Kier alpha value is -2.34. The van der Waals surface area contributed by atoms with E-state index >= 15 is 0 Å². The molecular formula is C20H26N2O3S. The molecular weight excluding hydrogens is 348 g/mol. The van der Waals surface area contributed by atoms with E-state index in [4.69, 9.17) is 0 Å². The molecule has 2 rings (SSSR count). The van der Waals surface area contributed by atoms with E-state index in [1.54, 1.807) is 19.1 Å². The van der Waals surface area contributed by atoms with Gasteiger partial charge in [0.15, 0.2) is 0 Å². The van der Waals surface area contributed by atoms with Crippen molar-refractivity contribution in [1.29, 1.82) is 0 Å². The number of hydrogen-bond donors (Lipinski definition) is 2. The van der Waals surface area contributed by atoms with Gasteiger partial charge in [0.2, 0.25) is 0 Å². The molecule has 2 N–H and O–H groups in total. The summed E-state index contributed by atoms with van der Waals surface area (Å²) in [6.07, 6.45) is 0. The third-order valence-corrected chi connectivity index (χ3v) is 5.44. The van der Waals surface area contributed by atoms with E-state index in [9.17, 15) is 13.2 Å². The van der Waals surface area contributed by atoms with Crippen molar-refractivity contribution < 1.29 is 13.2 Å². The Kier molecular flexibility index (Phi) is 6.08. The number of rotatable bonds is 6. The normalized spacial score (nSPS) is 11.5. The summed E-state index contributed by atoms with van der Waals surface area (Å²) < 4.78 is 28.2. The molecule has 2 aromatic rings. The van der Waals surface area contributed by atoms with Crippen LogP contribution >= 0.6 is 0 Å². The molecule has 0 aliphatic heterocycles. The number of amides is 1. The van der Waals surface area contributed by atoms with Crippen LogP contribution in [0.2, 0.25) is 0 Å². The molecule has 0 radical (unpaired) electrons. The zero-order chi connectivity index (χ0) is 19.5. The zero-order valence-electron chi connectivity index (χ0n) is 15.9. The molecule has 26 heavy (non-hydrogen) atoms. The van der Waals surface area contributed by atoms with E-state index in [0.29, 0.717) is 23.7 Å². The van der Waals surface area contributed by atoms with Crippen LogP contribution in [0.25, 0.3) is 0 Å². The summed E-state index contributed by atoms with van der Waals surface area (Å²) in [7, 11) is -3.79. The smallest absolute Gasteiger partial charge is 0.261 e. The third-order valence-electron chi connectivity index (χ3n) is 4.07. The van der Waals surface area contributed by atoms with Crippen LogP contribution in [0.5, 0.6) is 0 Å². The number of nitrogens with one attached hydrogen (secondary N) is 2. The summed E-state index contributed by atoms with van der Waals surface area (Å²) in [6.45, 7) is 10.1. The number of aryl methyl sites for hydroxylation is 3. The predicted molar refractivity (Wildman–Crippen MR) is 105 cm³/mol. The summed E-state index contributed by atoms with van der Waals surface area (Å²) in [5.41, 5.74) is 3.44. The van der Waals surface area contributed by atoms with Gasteiger partial charge in [-0.25, -0.2) is 8.42 Å². The molecule has 0 atom stereocenters. The van der Waals surface area contributed by atoms with Crippen molar-refractivity contribution in [3.8, 4) is 0 Å². The Morgan fingerprint density at radius 3 is 2.31 bits per heavy atom. The van der Waals surface area contributed by atoms with Crippen LogP contribution in [0.15, 0.2) is 41.3 Å². The lowest BCUT2D eigenvalue weighted by atomic mass is 10.1. The number of anilines is 1. The van der Waals surface area contributed by atoms with Crippen LogP contribution in [0.3, 0.4) is 0 Å². The topological polar surface area (TPSA) is 75.3 Å². The molecule has 0 heterocycles. The lowest BCUT2D eigenvalue weighted by Gasteiger charge is -2.14. The van der Waals surface area contributed by atoms with Gasteiger partial charge in [-0.2, -0.15) is 0 Å². The lowest BCUT2D eigenvalue weighted by Crippen LogP contribution is -2.28. The first-order chi connectivity index (χ1) is 12.1. The summed E-state index contributed by atoms with van der Waals surface area (Å²) in [6, 6.07) is 10.2. The Morgan fingerprint density at radius 2 is 1.65 bits per heavy atom. The van der Waals surface area contributed by atoms with Crippen LogP contribution in [-0.2, 0) is 10.0 Å².